The standard InChI is InChI=1S/C20H23NOS/c1-20(2)17-13-16(22)9-8-15(17)12-18(19(20)21)23-11-10-14-6-4-3-5-7-14/h3-11,13,18-19,22H,12,21H2,1-2H3/t18-,19+/m1/s1. The van der Waals surface area contributed by atoms with Crippen LogP contribution in [0.1, 0.15) is 30.5 Å². The Hall–Kier alpha value is -1.71. The Morgan fingerprint density at radius 1 is 1.17 bits per heavy atom. The van der Waals surface area contributed by atoms with Crippen LogP contribution in [0.2, 0.25) is 0 Å². The van der Waals surface area contributed by atoms with E-state index < -0.39 is 0 Å². The molecule has 0 amide bonds. The van der Waals surface area contributed by atoms with Gasteiger partial charge in [-0.15, -0.1) is 11.8 Å². The fraction of sp³-hybridized carbons (Fsp3) is 0.300. The molecule has 0 bridgehead atoms. The van der Waals surface area contributed by atoms with Gasteiger partial charge in [0, 0.05) is 16.7 Å². The fourth-order valence-corrected chi connectivity index (χ4v) is 4.47. The minimum atomic E-state index is -0.148. The van der Waals surface area contributed by atoms with Crippen LogP contribution in [-0.4, -0.2) is 16.4 Å². The van der Waals surface area contributed by atoms with Crippen molar-refractivity contribution in [3.05, 3.63) is 70.6 Å². The van der Waals surface area contributed by atoms with Crippen molar-refractivity contribution in [3.8, 4) is 5.75 Å². The van der Waals surface area contributed by atoms with E-state index >= 15 is 0 Å². The maximum Gasteiger partial charge on any atom is 0.115 e. The maximum absolute atomic E-state index is 9.78. The summed E-state index contributed by atoms with van der Waals surface area (Å²) in [5, 5.41) is 12.3. The molecule has 2 aromatic rings. The molecular formula is C20H23NOS. The van der Waals surface area contributed by atoms with Gasteiger partial charge in [0.05, 0.1) is 0 Å². The number of aromatic hydroxyl groups is 1. The van der Waals surface area contributed by atoms with Crippen molar-refractivity contribution < 1.29 is 5.11 Å². The van der Waals surface area contributed by atoms with Gasteiger partial charge in [-0.3, -0.25) is 0 Å². The largest absolute Gasteiger partial charge is 0.508 e. The highest BCUT2D eigenvalue weighted by Gasteiger charge is 2.40. The summed E-state index contributed by atoms with van der Waals surface area (Å²) in [6, 6.07) is 16.0. The molecule has 3 heteroatoms. The van der Waals surface area contributed by atoms with E-state index in [0.717, 1.165) is 6.42 Å². The molecule has 0 aromatic heterocycles. The highest BCUT2D eigenvalue weighted by molar-refractivity contribution is 8.02. The SMILES string of the molecule is CC1(C)c2cc(O)ccc2C[C@@H](SC=Cc2ccccc2)[C@@H]1N. The van der Waals surface area contributed by atoms with E-state index in [4.69, 9.17) is 5.73 Å². The third-order valence-corrected chi connectivity index (χ3v) is 5.86. The van der Waals surface area contributed by atoms with Crippen LogP contribution in [-0.2, 0) is 11.8 Å². The van der Waals surface area contributed by atoms with Crippen LogP contribution in [0.3, 0.4) is 0 Å². The first-order chi connectivity index (χ1) is 11.0. The lowest BCUT2D eigenvalue weighted by Gasteiger charge is -2.42. The average molecular weight is 325 g/mol. The Bertz CT molecular complexity index is 709. The number of benzene rings is 2. The number of thioether (sulfide) groups is 1. The number of hydrogen-bond acceptors (Lipinski definition) is 3. The van der Waals surface area contributed by atoms with E-state index in [0.29, 0.717) is 11.0 Å². The summed E-state index contributed by atoms with van der Waals surface area (Å²) in [5.74, 6) is 0.319. The third-order valence-electron chi connectivity index (χ3n) is 4.76. The van der Waals surface area contributed by atoms with Crippen molar-refractivity contribution in [1.82, 2.24) is 0 Å². The second-order valence-corrected chi connectivity index (χ2v) is 7.83. The molecule has 0 aliphatic heterocycles. The smallest absolute Gasteiger partial charge is 0.115 e. The number of rotatable bonds is 3. The quantitative estimate of drug-likeness (QED) is 0.883. The van der Waals surface area contributed by atoms with E-state index in [1.807, 2.05) is 30.3 Å². The zero-order chi connectivity index (χ0) is 16.4. The van der Waals surface area contributed by atoms with Gasteiger partial charge in [0.25, 0.3) is 0 Å². The van der Waals surface area contributed by atoms with Crippen molar-refractivity contribution in [1.29, 1.82) is 0 Å². The molecule has 2 nitrogen and oxygen atoms in total. The predicted molar refractivity (Wildman–Crippen MR) is 99.7 cm³/mol. The van der Waals surface area contributed by atoms with Crippen molar-refractivity contribution in [2.75, 3.05) is 0 Å². The average Bonchev–Trinajstić information content (AvgIpc) is 2.54. The van der Waals surface area contributed by atoms with E-state index in [1.165, 1.54) is 16.7 Å². The molecule has 120 valence electrons. The maximum atomic E-state index is 9.78. The van der Waals surface area contributed by atoms with Crippen LogP contribution in [0.25, 0.3) is 6.08 Å². The molecule has 0 heterocycles. The molecule has 3 N–H and O–H groups in total. The van der Waals surface area contributed by atoms with Crippen molar-refractivity contribution in [2.45, 2.75) is 37.0 Å². The predicted octanol–water partition coefficient (Wildman–Crippen LogP) is 4.33. The minimum Gasteiger partial charge on any atom is -0.508 e. The topological polar surface area (TPSA) is 46.2 Å². The Morgan fingerprint density at radius 3 is 2.65 bits per heavy atom. The van der Waals surface area contributed by atoms with Crippen LogP contribution in [0.5, 0.6) is 5.75 Å². The Labute approximate surface area is 142 Å². The Balaban J connectivity index is 1.79. The highest BCUT2D eigenvalue weighted by atomic mass is 32.2. The lowest BCUT2D eigenvalue weighted by molar-refractivity contribution is 0.369. The minimum absolute atomic E-state index is 0.0437. The van der Waals surface area contributed by atoms with Crippen LogP contribution >= 0.6 is 11.8 Å². The van der Waals surface area contributed by atoms with Gasteiger partial charge >= 0.3 is 0 Å². The molecule has 23 heavy (non-hydrogen) atoms. The molecule has 1 aliphatic carbocycles. The summed E-state index contributed by atoms with van der Waals surface area (Å²) in [6.45, 7) is 4.34. The van der Waals surface area contributed by atoms with Gasteiger partial charge in [-0.25, -0.2) is 0 Å². The molecule has 0 saturated heterocycles. The summed E-state index contributed by atoms with van der Waals surface area (Å²) in [6.07, 6.45) is 3.07. The molecule has 2 aromatic carbocycles. The van der Waals surface area contributed by atoms with Gasteiger partial charge in [-0.05, 0) is 46.7 Å². The van der Waals surface area contributed by atoms with Gasteiger partial charge in [0.2, 0.25) is 0 Å². The summed E-state index contributed by atoms with van der Waals surface area (Å²) >= 11 is 1.80. The number of hydrogen-bond donors (Lipinski definition) is 2. The normalized spacial score (nSPS) is 22.9. The van der Waals surface area contributed by atoms with Crippen LogP contribution < -0.4 is 5.73 Å². The summed E-state index contributed by atoms with van der Waals surface area (Å²) in [5.41, 5.74) is 10.1. The van der Waals surface area contributed by atoms with Crippen LogP contribution in [0.15, 0.2) is 53.9 Å². The van der Waals surface area contributed by atoms with Crippen molar-refractivity contribution in [3.63, 3.8) is 0 Å². The first-order valence-electron chi connectivity index (χ1n) is 7.93. The molecule has 1 aliphatic rings. The van der Waals surface area contributed by atoms with E-state index in [9.17, 15) is 5.11 Å². The van der Waals surface area contributed by atoms with Crippen LogP contribution in [0.4, 0.5) is 0 Å². The molecule has 2 atom stereocenters. The monoisotopic (exact) mass is 325 g/mol. The molecule has 0 spiro atoms. The summed E-state index contributed by atoms with van der Waals surface area (Å²) in [7, 11) is 0. The van der Waals surface area contributed by atoms with Crippen LogP contribution in [0, 0.1) is 0 Å². The number of phenols is 1. The van der Waals surface area contributed by atoms with Gasteiger partial charge in [0.1, 0.15) is 5.75 Å². The first-order valence-corrected chi connectivity index (χ1v) is 8.88. The van der Waals surface area contributed by atoms with Crippen molar-refractivity contribution >= 4 is 17.8 Å². The number of nitrogens with two attached hydrogens (primary N) is 1. The second-order valence-electron chi connectivity index (χ2n) is 6.68. The Morgan fingerprint density at radius 2 is 1.91 bits per heavy atom. The lowest BCUT2D eigenvalue weighted by Crippen LogP contribution is -2.52. The molecular weight excluding hydrogens is 302 g/mol. The van der Waals surface area contributed by atoms with Gasteiger partial charge in [0.15, 0.2) is 0 Å². The molecule has 0 radical (unpaired) electrons. The fourth-order valence-electron chi connectivity index (χ4n) is 3.25. The molecule has 0 unspecified atom stereocenters. The van der Waals surface area contributed by atoms with Gasteiger partial charge in [-0.2, -0.15) is 0 Å². The van der Waals surface area contributed by atoms with Gasteiger partial charge < -0.3 is 10.8 Å². The van der Waals surface area contributed by atoms with Crippen molar-refractivity contribution in [2.24, 2.45) is 5.73 Å². The van der Waals surface area contributed by atoms with E-state index in [1.54, 1.807) is 17.8 Å². The number of phenolic OH excluding ortho intramolecular Hbond substituents is 1. The zero-order valence-corrected chi connectivity index (χ0v) is 14.4. The Kier molecular flexibility index (Phi) is 4.51. The van der Waals surface area contributed by atoms with Gasteiger partial charge in [-0.1, -0.05) is 50.2 Å². The van der Waals surface area contributed by atoms with E-state index in [2.05, 4.69) is 37.5 Å². The summed E-state index contributed by atoms with van der Waals surface area (Å²) < 4.78 is 0. The third kappa shape index (κ3) is 3.31. The molecule has 0 fully saturated rings. The second kappa shape index (κ2) is 6.42. The lowest BCUT2D eigenvalue weighted by atomic mass is 9.69. The number of fused-ring (bicyclic) bond motifs is 1. The van der Waals surface area contributed by atoms with E-state index in [-0.39, 0.29) is 11.5 Å². The highest BCUT2D eigenvalue weighted by Crippen LogP contribution is 2.41. The first kappa shape index (κ1) is 16.2. The zero-order valence-electron chi connectivity index (χ0n) is 13.6. The molecule has 0 saturated carbocycles. The summed E-state index contributed by atoms with van der Waals surface area (Å²) in [4.78, 5) is 0. The molecule has 3 rings (SSSR count).